The van der Waals surface area contributed by atoms with Gasteiger partial charge < -0.3 is 15.2 Å². The fraction of sp³-hybridized carbons (Fsp3) is 0.353. The van der Waals surface area contributed by atoms with Crippen LogP contribution in [0.25, 0.3) is 0 Å². The van der Waals surface area contributed by atoms with Crippen LogP contribution in [0.5, 0.6) is 0 Å². The van der Waals surface area contributed by atoms with Gasteiger partial charge in [0, 0.05) is 50.1 Å². The summed E-state index contributed by atoms with van der Waals surface area (Å²) >= 11 is 0. The summed E-state index contributed by atoms with van der Waals surface area (Å²) in [4.78, 5) is 40.7. The van der Waals surface area contributed by atoms with Gasteiger partial charge in [-0.1, -0.05) is 0 Å². The molecule has 26 heavy (non-hydrogen) atoms. The minimum absolute atomic E-state index is 0.136. The maximum absolute atomic E-state index is 12.5. The third-order valence-electron chi connectivity index (χ3n) is 4.70. The van der Waals surface area contributed by atoms with Gasteiger partial charge in [0.25, 0.3) is 5.69 Å². The van der Waals surface area contributed by atoms with Gasteiger partial charge in [-0.05, 0) is 25.0 Å². The Morgan fingerprint density at radius 1 is 1.31 bits per heavy atom. The first-order valence-corrected chi connectivity index (χ1v) is 8.23. The number of nitro benzene ring substituents is 1. The van der Waals surface area contributed by atoms with Gasteiger partial charge in [0.15, 0.2) is 5.82 Å². The lowest BCUT2D eigenvalue weighted by Crippen LogP contribution is -2.38. The van der Waals surface area contributed by atoms with Crippen molar-refractivity contribution in [1.82, 2.24) is 9.55 Å². The van der Waals surface area contributed by atoms with E-state index in [4.69, 9.17) is 5.73 Å². The summed E-state index contributed by atoms with van der Waals surface area (Å²) in [7, 11) is 1.69. The van der Waals surface area contributed by atoms with E-state index < -0.39 is 4.92 Å². The summed E-state index contributed by atoms with van der Waals surface area (Å²) in [5, 5.41) is 11.5. The molecule has 0 spiro atoms. The molecule has 1 saturated heterocycles. The number of piperidine rings is 1. The predicted octanol–water partition coefficient (Wildman–Crippen LogP) is 1.26. The molecule has 9 heteroatoms. The van der Waals surface area contributed by atoms with Gasteiger partial charge in [-0.15, -0.1) is 0 Å². The first kappa shape index (κ1) is 17.6. The zero-order valence-electron chi connectivity index (χ0n) is 14.3. The van der Waals surface area contributed by atoms with Crippen molar-refractivity contribution in [3.8, 4) is 0 Å². The molecule has 9 nitrogen and oxygen atoms in total. The maximum Gasteiger partial charge on any atom is 0.293 e. The van der Waals surface area contributed by atoms with Gasteiger partial charge in [-0.2, -0.15) is 0 Å². The SMILES string of the molecule is Cn1ccnc1C(=O)c1ccc(N2CCC(C(N)=O)CC2)c([N+](=O)[O-])c1. The number of nitro groups is 1. The van der Waals surface area contributed by atoms with Gasteiger partial charge in [0.05, 0.1) is 4.92 Å². The number of primary amides is 1. The monoisotopic (exact) mass is 357 g/mol. The van der Waals surface area contributed by atoms with E-state index in [0.717, 1.165) is 0 Å². The number of ketones is 1. The molecular weight excluding hydrogens is 338 g/mol. The first-order valence-electron chi connectivity index (χ1n) is 8.23. The zero-order valence-corrected chi connectivity index (χ0v) is 14.3. The molecule has 0 atom stereocenters. The summed E-state index contributed by atoms with van der Waals surface area (Å²) in [5.41, 5.74) is 5.84. The highest BCUT2D eigenvalue weighted by Crippen LogP contribution is 2.32. The molecule has 1 aliphatic heterocycles. The fourth-order valence-corrected chi connectivity index (χ4v) is 3.20. The standard InChI is InChI=1S/C17H19N5O4/c1-20-9-6-19-17(20)15(23)12-2-3-13(14(10-12)22(25)26)21-7-4-11(5-8-21)16(18)24/h2-3,6,9-11H,4-5,7-8H2,1H3,(H2,18,24). The van der Waals surface area contributed by atoms with Crippen LogP contribution in [0.15, 0.2) is 30.6 Å². The van der Waals surface area contributed by atoms with Gasteiger partial charge in [-0.3, -0.25) is 19.7 Å². The van der Waals surface area contributed by atoms with Crippen LogP contribution in [0, 0.1) is 16.0 Å². The van der Waals surface area contributed by atoms with Gasteiger partial charge in [0.2, 0.25) is 11.7 Å². The largest absolute Gasteiger partial charge is 0.369 e. The Labute approximate surface area is 149 Å². The molecule has 0 bridgehead atoms. The number of carbonyl (C=O) groups is 2. The molecule has 2 heterocycles. The second-order valence-corrected chi connectivity index (χ2v) is 6.32. The molecule has 1 aliphatic rings. The molecule has 136 valence electrons. The molecule has 2 aromatic rings. The van der Waals surface area contributed by atoms with Crippen molar-refractivity contribution in [2.75, 3.05) is 18.0 Å². The lowest BCUT2D eigenvalue weighted by atomic mass is 9.95. The maximum atomic E-state index is 12.5. The van der Waals surface area contributed by atoms with E-state index in [2.05, 4.69) is 4.98 Å². The molecule has 0 saturated carbocycles. The molecule has 1 fully saturated rings. The van der Waals surface area contributed by atoms with Crippen molar-refractivity contribution < 1.29 is 14.5 Å². The summed E-state index contributed by atoms with van der Waals surface area (Å²) in [6, 6.07) is 4.44. The number of amides is 1. The van der Waals surface area contributed by atoms with Crippen LogP contribution in [0.1, 0.15) is 29.0 Å². The van der Waals surface area contributed by atoms with E-state index in [1.54, 1.807) is 29.9 Å². The molecular formula is C17H19N5O4. The van der Waals surface area contributed by atoms with Crippen molar-refractivity contribution in [1.29, 1.82) is 0 Å². The van der Waals surface area contributed by atoms with E-state index in [-0.39, 0.29) is 34.7 Å². The summed E-state index contributed by atoms with van der Waals surface area (Å²) < 4.78 is 1.57. The number of nitrogens with zero attached hydrogens (tertiary/aromatic N) is 4. The van der Waals surface area contributed by atoms with Crippen LogP contribution in [0.4, 0.5) is 11.4 Å². The van der Waals surface area contributed by atoms with Crippen molar-refractivity contribution in [2.45, 2.75) is 12.8 Å². The van der Waals surface area contributed by atoms with Gasteiger partial charge in [-0.25, -0.2) is 4.98 Å². The van der Waals surface area contributed by atoms with Crippen molar-refractivity contribution in [2.24, 2.45) is 18.7 Å². The normalized spacial score (nSPS) is 15.0. The van der Waals surface area contributed by atoms with Crippen LogP contribution in [-0.2, 0) is 11.8 Å². The Morgan fingerprint density at radius 2 is 2.00 bits per heavy atom. The van der Waals surface area contributed by atoms with E-state index in [1.165, 1.54) is 12.3 Å². The number of aryl methyl sites for hydroxylation is 1. The minimum Gasteiger partial charge on any atom is -0.369 e. The van der Waals surface area contributed by atoms with Crippen LogP contribution >= 0.6 is 0 Å². The molecule has 1 amide bonds. The summed E-state index contributed by atoms with van der Waals surface area (Å²) in [6.45, 7) is 1.00. The Hall–Kier alpha value is -3.23. The number of benzene rings is 1. The van der Waals surface area contributed by atoms with Crippen LogP contribution in [-0.4, -0.2) is 39.3 Å². The number of aromatic nitrogens is 2. The fourth-order valence-electron chi connectivity index (χ4n) is 3.20. The number of hydrogen-bond donors (Lipinski definition) is 1. The van der Waals surface area contributed by atoms with E-state index in [1.807, 2.05) is 4.90 Å². The Morgan fingerprint density at radius 3 is 2.54 bits per heavy atom. The molecule has 1 aromatic heterocycles. The molecule has 0 aliphatic carbocycles. The lowest BCUT2D eigenvalue weighted by Gasteiger charge is -2.32. The van der Waals surface area contributed by atoms with Crippen molar-refractivity contribution >= 4 is 23.1 Å². The smallest absolute Gasteiger partial charge is 0.293 e. The Kier molecular flexibility index (Phi) is 4.70. The van der Waals surface area contributed by atoms with Gasteiger partial charge in [0.1, 0.15) is 5.69 Å². The highest BCUT2D eigenvalue weighted by atomic mass is 16.6. The molecule has 2 N–H and O–H groups in total. The second-order valence-electron chi connectivity index (χ2n) is 6.32. The highest BCUT2D eigenvalue weighted by Gasteiger charge is 2.28. The van der Waals surface area contributed by atoms with Crippen molar-refractivity contribution in [3.63, 3.8) is 0 Å². The first-order chi connectivity index (χ1) is 12.4. The second kappa shape index (κ2) is 6.95. The zero-order chi connectivity index (χ0) is 18.8. The molecule has 0 unspecified atom stereocenters. The Bertz CT molecular complexity index is 868. The third kappa shape index (κ3) is 3.28. The summed E-state index contributed by atoms with van der Waals surface area (Å²) in [6.07, 6.45) is 4.25. The predicted molar refractivity (Wildman–Crippen MR) is 93.9 cm³/mol. The van der Waals surface area contributed by atoms with Crippen LogP contribution < -0.4 is 10.6 Å². The molecule has 1 aromatic carbocycles. The Balaban J connectivity index is 1.89. The number of imidazole rings is 1. The van der Waals surface area contributed by atoms with E-state index in [0.29, 0.717) is 31.6 Å². The average Bonchev–Trinajstić information content (AvgIpc) is 3.06. The van der Waals surface area contributed by atoms with Crippen LogP contribution in [0.2, 0.25) is 0 Å². The van der Waals surface area contributed by atoms with E-state index in [9.17, 15) is 19.7 Å². The summed E-state index contributed by atoms with van der Waals surface area (Å²) in [5.74, 6) is -0.696. The number of carbonyl (C=O) groups excluding carboxylic acids is 2. The number of nitrogens with two attached hydrogens (primary N) is 1. The third-order valence-corrected chi connectivity index (χ3v) is 4.70. The van der Waals surface area contributed by atoms with Crippen LogP contribution in [0.3, 0.4) is 0 Å². The topological polar surface area (TPSA) is 124 Å². The average molecular weight is 357 g/mol. The van der Waals surface area contributed by atoms with E-state index >= 15 is 0 Å². The number of anilines is 1. The quantitative estimate of drug-likeness (QED) is 0.488. The van der Waals surface area contributed by atoms with Crippen molar-refractivity contribution in [3.05, 3.63) is 52.1 Å². The minimum atomic E-state index is -0.495. The highest BCUT2D eigenvalue weighted by molar-refractivity contribution is 6.07. The lowest BCUT2D eigenvalue weighted by molar-refractivity contribution is -0.384. The van der Waals surface area contributed by atoms with Gasteiger partial charge >= 0.3 is 0 Å². The number of hydrogen-bond acceptors (Lipinski definition) is 6. The number of rotatable bonds is 5. The molecule has 0 radical (unpaired) electrons. The molecule has 3 rings (SSSR count).